The number of ether oxygens (including phenoxy) is 2. The van der Waals surface area contributed by atoms with Gasteiger partial charge in [0, 0.05) is 45.3 Å². The van der Waals surface area contributed by atoms with E-state index in [0.717, 1.165) is 49.8 Å². The summed E-state index contributed by atoms with van der Waals surface area (Å²) in [6, 6.07) is 18.6. The van der Waals surface area contributed by atoms with Crippen LogP contribution in [0.4, 0.5) is 0 Å². The molecule has 6 heteroatoms. The van der Waals surface area contributed by atoms with E-state index in [1.165, 1.54) is 5.56 Å². The van der Waals surface area contributed by atoms with Gasteiger partial charge < -0.3 is 19.7 Å². The number of guanidine groups is 1. The van der Waals surface area contributed by atoms with Gasteiger partial charge in [-0.25, -0.2) is 0 Å². The number of para-hydroxylation sites is 1. The third-order valence-corrected chi connectivity index (χ3v) is 5.27. The monoisotopic (exact) mass is 509 g/mol. The predicted molar refractivity (Wildman–Crippen MR) is 129 cm³/mol. The van der Waals surface area contributed by atoms with E-state index in [4.69, 9.17) is 9.47 Å². The van der Waals surface area contributed by atoms with E-state index in [2.05, 4.69) is 45.5 Å². The fraction of sp³-hybridized carbons (Fsp3) is 0.435. The van der Waals surface area contributed by atoms with E-state index in [0.29, 0.717) is 5.92 Å². The molecule has 5 nitrogen and oxygen atoms in total. The smallest absolute Gasteiger partial charge is 0.193 e. The molecule has 2 unspecified atom stereocenters. The molecule has 1 aliphatic rings. The van der Waals surface area contributed by atoms with Gasteiger partial charge in [0.1, 0.15) is 5.75 Å². The molecule has 29 heavy (non-hydrogen) atoms. The summed E-state index contributed by atoms with van der Waals surface area (Å²) in [6.07, 6.45) is 2.39. The number of nitrogens with zero attached hydrogens (tertiary/aromatic N) is 2. The molecule has 1 heterocycles. The van der Waals surface area contributed by atoms with Crippen LogP contribution >= 0.6 is 24.0 Å². The first-order valence-corrected chi connectivity index (χ1v) is 9.93. The zero-order valence-electron chi connectivity index (χ0n) is 17.5. The van der Waals surface area contributed by atoms with Crippen molar-refractivity contribution in [3.63, 3.8) is 0 Å². The van der Waals surface area contributed by atoms with Crippen molar-refractivity contribution in [2.24, 2.45) is 10.9 Å². The van der Waals surface area contributed by atoms with Crippen molar-refractivity contribution in [3.8, 4) is 5.75 Å². The Morgan fingerprint density at radius 3 is 2.62 bits per heavy atom. The molecule has 0 radical (unpaired) electrons. The van der Waals surface area contributed by atoms with Gasteiger partial charge in [0.25, 0.3) is 0 Å². The fourth-order valence-corrected chi connectivity index (χ4v) is 3.83. The number of nitrogens with one attached hydrogen (secondary N) is 1. The van der Waals surface area contributed by atoms with Gasteiger partial charge >= 0.3 is 0 Å². The minimum absolute atomic E-state index is 0. The maximum atomic E-state index is 6.12. The lowest BCUT2D eigenvalue weighted by molar-refractivity contribution is -0.0266. The molecule has 1 aliphatic heterocycles. The molecule has 3 rings (SSSR count). The molecule has 0 saturated carbocycles. The number of aliphatic imine (C=N–C) groups is 1. The van der Waals surface area contributed by atoms with Crippen molar-refractivity contribution < 1.29 is 9.47 Å². The third kappa shape index (κ3) is 6.34. The quantitative estimate of drug-likeness (QED) is 0.354. The molecule has 2 atom stereocenters. The molecule has 0 aromatic heterocycles. The van der Waals surface area contributed by atoms with Gasteiger partial charge in [-0.3, -0.25) is 4.99 Å². The van der Waals surface area contributed by atoms with Crippen LogP contribution in [0.25, 0.3) is 0 Å². The Hall–Kier alpha value is -1.80. The molecule has 1 N–H and O–H groups in total. The van der Waals surface area contributed by atoms with Crippen LogP contribution in [0.3, 0.4) is 0 Å². The Morgan fingerprint density at radius 1 is 1.17 bits per heavy atom. The minimum atomic E-state index is 0. The highest BCUT2D eigenvalue weighted by molar-refractivity contribution is 14.0. The summed E-state index contributed by atoms with van der Waals surface area (Å²) < 4.78 is 11.6. The summed E-state index contributed by atoms with van der Waals surface area (Å²) in [7, 11) is 5.58. The fourth-order valence-electron chi connectivity index (χ4n) is 3.83. The van der Waals surface area contributed by atoms with E-state index in [-0.39, 0.29) is 30.1 Å². The number of hydrogen-bond donors (Lipinski definition) is 1. The molecular formula is C23H32IN3O2. The van der Waals surface area contributed by atoms with Gasteiger partial charge in [0.05, 0.1) is 13.2 Å². The maximum absolute atomic E-state index is 6.12. The number of methoxy groups -OCH3 is 1. The number of rotatable bonds is 6. The van der Waals surface area contributed by atoms with Crippen LogP contribution in [0.2, 0.25) is 0 Å². The second kappa shape index (κ2) is 12.0. The average Bonchev–Trinajstić information content (AvgIpc) is 2.75. The molecule has 2 aromatic rings. The molecule has 2 aromatic carbocycles. The van der Waals surface area contributed by atoms with Crippen molar-refractivity contribution in [3.05, 3.63) is 65.7 Å². The van der Waals surface area contributed by atoms with Crippen LogP contribution in [-0.2, 0) is 11.3 Å². The molecule has 1 saturated heterocycles. The van der Waals surface area contributed by atoms with Gasteiger partial charge in [-0.2, -0.15) is 0 Å². The Morgan fingerprint density at radius 2 is 1.90 bits per heavy atom. The number of halogens is 1. The van der Waals surface area contributed by atoms with Crippen molar-refractivity contribution in [2.45, 2.75) is 25.5 Å². The lowest BCUT2D eigenvalue weighted by atomic mass is 9.89. The third-order valence-electron chi connectivity index (χ3n) is 5.27. The van der Waals surface area contributed by atoms with Crippen LogP contribution in [0.5, 0.6) is 5.75 Å². The normalized spacial score (nSPS) is 19.2. The predicted octanol–water partition coefficient (Wildman–Crippen LogP) is 4.49. The Bertz CT molecular complexity index is 770. The van der Waals surface area contributed by atoms with Gasteiger partial charge in [-0.15, -0.1) is 24.0 Å². The second-order valence-electron chi connectivity index (χ2n) is 7.20. The number of benzene rings is 2. The molecule has 0 aliphatic carbocycles. The van der Waals surface area contributed by atoms with Crippen molar-refractivity contribution >= 4 is 29.9 Å². The molecular weight excluding hydrogens is 477 g/mol. The van der Waals surface area contributed by atoms with Crippen LogP contribution in [0.1, 0.15) is 30.1 Å². The highest BCUT2D eigenvalue weighted by Gasteiger charge is 2.27. The average molecular weight is 509 g/mol. The summed E-state index contributed by atoms with van der Waals surface area (Å²) in [5.74, 6) is 2.20. The minimum Gasteiger partial charge on any atom is -0.496 e. The lowest BCUT2D eigenvalue weighted by Gasteiger charge is -2.33. The summed E-state index contributed by atoms with van der Waals surface area (Å²) in [5.41, 5.74) is 2.39. The maximum Gasteiger partial charge on any atom is 0.193 e. The summed E-state index contributed by atoms with van der Waals surface area (Å²) in [5, 5.41) is 3.55. The van der Waals surface area contributed by atoms with Gasteiger partial charge in [-0.1, -0.05) is 48.5 Å². The van der Waals surface area contributed by atoms with E-state index >= 15 is 0 Å². The summed E-state index contributed by atoms with van der Waals surface area (Å²) in [4.78, 5) is 6.60. The van der Waals surface area contributed by atoms with E-state index < -0.39 is 0 Å². The first-order valence-electron chi connectivity index (χ1n) is 9.93. The van der Waals surface area contributed by atoms with E-state index in [9.17, 15) is 0 Å². The number of hydrogen-bond acceptors (Lipinski definition) is 3. The van der Waals surface area contributed by atoms with Crippen LogP contribution in [0, 0.1) is 5.92 Å². The van der Waals surface area contributed by atoms with Gasteiger partial charge in [-0.05, 0) is 24.5 Å². The molecule has 0 spiro atoms. The molecule has 0 bridgehead atoms. The largest absolute Gasteiger partial charge is 0.496 e. The second-order valence-corrected chi connectivity index (χ2v) is 7.20. The Kier molecular flexibility index (Phi) is 9.73. The SMILES string of the molecule is CN=C(NCC1CCCOC1c1ccccc1)N(C)Cc1ccccc1OC.I. The Balaban J connectivity index is 0.00000300. The molecule has 1 fully saturated rings. The first kappa shape index (κ1) is 23.5. The zero-order valence-corrected chi connectivity index (χ0v) is 19.8. The highest BCUT2D eigenvalue weighted by Crippen LogP contribution is 2.33. The van der Waals surface area contributed by atoms with E-state index in [1.54, 1.807) is 7.11 Å². The topological polar surface area (TPSA) is 46.1 Å². The summed E-state index contributed by atoms with van der Waals surface area (Å²) in [6.45, 7) is 2.40. The Labute approximate surface area is 191 Å². The highest BCUT2D eigenvalue weighted by atomic mass is 127. The summed E-state index contributed by atoms with van der Waals surface area (Å²) >= 11 is 0. The lowest BCUT2D eigenvalue weighted by Crippen LogP contribution is -2.42. The zero-order chi connectivity index (χ0) is 19.8. The van der Waals surface area contributed by atoms with Crippen molar-refractivity contribution in [1.82, 2.24) is 10.2 Å². The van der Waals surface area contributed by atoms with Gasteiger partial charge in [0.15, 0.2) is 5.96 Å². The molecule has 158 valence electrons. The standard InChI is InChI=1S/C23H31N3O2.HI/c1-24-23(26(2)17-20-12-7-8-14-21(20)27-3)25-16-19-13-9-15-28-22(19)18-10-5-4-6-11-18;/h4-8,10-12,14,19,22H,9,13,15-17H2,1-3H3,(H,24,25);1H. The van der Waals surface area contributed by atoms with Crippen LogP contribution in [0.15, 0.2) is 59.6 Å². The van der Waals surface area contributed by atoms with E-state index in [1.807, 2.05) is 38.4 Å². The van der Waals surface area contributed by atoms with Gasteiger partial charge in [0.2, 0.25) is 0 Å². The van der Waals surface area contributed by atoms with Crippen LogP contribution in [-0.4, -0.2) is 45.2 Å². The van der Waals surface area contributed by atoms with Crippen molar-refractivity contribution in [2.75, 3.05) is 34.4 Å². The molecule has 0 amide bonds. The first-order chi connectivity index (χ1) is 13.7. The van der Waals surface area contributed by atoms with Crippen molar-refractivity contribution in [1.29, 1.82) is 0 Å². The van der Waals surface area contributed by atoms with Crippen LogP contribution < -0.4 is 10.1 Å².